The number of hydrogen-bond donors (Lipinski definition) is 3. The summed E-state index contributed by atoms with van der Waals surface area (Å²) >= 11 is 0. The predicted molar refractivity (Wildman–Crippen MR) is 124 cm³/mol. The van der Waals surface area contributed by atoms with Gasteiger partial charge in [0.2, 0.25) is 0 Å². The highest BCUT2D eigenvalue weighted by Gasteiger charge is 2.46. The predicted octanol–water partition coefficient (Wildman–Crippen LogP) is 4.81. The summed E-state index contributed by atoms with van der Waals surface area (Å²) < 4.78 is 67.8. The molecule has 2 atom stereocenters. The van der Waals surface area contributed by atoms with E-state index in [9.17, 15) is 26.7 Å². The molecular weight excluding hydrogens is 457 g/mol. The molecule has 6 nitrogen and oxygen atoms in total. The number of alkyl halides is 5. The number of aliphatic imine (C=N–C) groups is 1. The first-order valence-corrected chi connectivity index (χ1v) is 11.0. The highest BCUT2D eigenvalue weighted by atomic mass is 19.4. The lowest BCUT2D eigenvalue weighted by Crippen LogP contribution is -2.59. The van der Waals surface area contributed by atoms with Crippen LogP contribution in [0.3, 0.4) is 0 Å². The number of halogens is 5. The van der Waals surface area contributed by atoms with Gasteiger partial charge in [-0.2, -0.15) is 13.2 Å². The number of likely N-dealkylation sites (tertiary alicyclic amines) is 1. The SMILES string of the molecule is C\C=C(/C=N\C(NCC1C(C)CC(F)(F)CN1C(=O)C(=N)/C(C)=C\NC)=C(\C)CC)C(F)(F)F. The third-order valence-corrected chi connectivity index (χ3v) is 5.69. The van der Waals surface area contributed by atoms with Crippen molar-refractivity contribution < 1.29 is 26.7 Å². The van der Waals surface area contributed by atoms with Crippen LogP contribution in [0.2, 0.25) is 0 Å². The molecule has 0 radical (unpaired) electrons. The Morgan fingerprint density at radius 3 is 2.41 bits per heavy atom. The van der Waals surface area contributed by atoms with E-state index in [1.54, 1.807) is 20.9 Å². The molecule has 2 unspecified atom stereocenters. The van der Waals surface area contributed by atoms with E-state index >= 15 is 0 Å². The van der Waals surface area contributed by atoms with Gasteiger partial charge in [-0.05, 0) is 44.3 Å². The van der Waals surface area contributed by atoms with Gasteiger partial charge >= 0.3 is 6.18 Å². The van der Waals surface area contributed by atoms with Gasteiger partial charge in [-0.1, -0.05) is 19.9 Å². The van der Waals surface area contributed by atoms with Crippen molar-refractivity contribution >= 4 is 17.8 Å². The molecule has 1 heterocycles. The largest absolute Gasteiger partial charge is 0.417 e. The van der Waals surface area contributed by atoms with Crippen LogP contribution < -0.4 is 10.6 Å². The van der Waals surface area contributed by atoms with Crippen LogP contribution in [-0.4, -0.2) is 61.0 Å². The quantitative estimate of drug-likeness (QED) is 0.320. The molecule has 3 N–H and O–H groups in total. The molecule has 11 heteroatoms. The zero-order chi connectivity index (χ0) is 26.3. The Morgan fingerprint density at radius 1 is 1.29 bits per heavy atom. The third-order valence-electron chi connectivity index (χ3n) is 5.69. The normalized spacial score (nSPS) is 22.5. The van der Waals surface area contributed by atoms with Gasteiger partial charge in [-0.15, -0.1) is 0 Å². The first-order valence-electron chi connectivity index (χ1n) is 11.0. The number of rotatable bonds is 9. The molecule has 0 spiro atoms. The van der Waals surface area contributed by atoms with Crippen molar-refractivity contribution in [3.05, 3.63) is 34.8 Å². The monoisotopic (exact) mass is 491 g/mol. The maximum atomic E-state index is 14.3. The van der Waals surface area contributed by atoms with Crippen molar-refractivity contribution in [3.63, 3.8) is 0 Å². The summed E-state index contributed by atoms with van der Waals surface area (Å²) in [6, 6.07) is -0.714. The number of nitrogens with one attached hydrogen (secondary N) is 3. The molecule has 1 rings (SSSR count). The Labute approximate surface area is 197 Å². The number of carbonyl (C=O) groups is 1. The summed E-state index contributed by atoms with van der Waals surface area (Å²) in [5.41, 5.74) is -0.371. The lowest BCUT2D eigenvalue weighted by Gasteiger charge is -2.43. The number of hydrogen-bond acceptors (Lipinski definition) is 5. The Bertz CT molecular complexity index is 873. The van der Waals surface area contributed by atoms with Crippen LogP contribution in [0, 0.1) is 11.3 Å². The van der Waals surface area contributed by atoms with Gasteiger partial charge in [0.05, 0.1) is 18.2 Å². The molecule has 1 saturated heterocycles. The van der Waals surface area contributed by atoms with Crippen molar-refractivity contribution in [2.24, 2.45) is 10.9 Å². The van der Waals surface area contributed by atoms with E-state index in [1.807, 2.05) is 6.92 Å². The minimum Gasteiger partial charge on any atom is -0.394 e. The fourth-order valence-electron chi connectivity index (χ4n) is 3.60. The van der Waals surface area contributed by atoms with Gasteiger partial charge in [-0.3, -0.25) is 10.2 Å². The molecule has 192 valence electrons. The molecule has 34 heavy (non-hydrogen) atoms. The summed E-state index contributed by atoms with van der Waals surface area (Å²) in [6.07, 6.45) is -1.47. The van der Waals surface area contributed by atoms with Crippen LogP contribution in [0.1, 0.15) is 47.5 Å². The molecule has 1 aliphatic rings. The minimum atomic E-state index is -4.56. The molecule has 1 amide bonds. The maximum Gasteiger partial charge on any atom is 0.417 e. The Hall–Kier alpha value is -2.72. The third kappa shape index (κ3) is 7.95. The number of carbonyl (C=O) groups excluding carboxylic acids is 1. The second-order valence-electron chi connectivity index (χ2n) is 8.39. The zero-order valence-electron chi connectivity index (χ0n) is 20.4. The maximum absolute atomic E-state index is 14.3. The number of amides is 1. The van der Waals surface area contributed by atoms with Crippen molar-refractivity contribution in [2.75, 3.05) is 20.1 Å². The van der Waals surface area contributed by atoms with Crippen LogP contribution >= 0.6 is 0 Å². The lowest BCUT2D eigenvalue weighted by atomic mass is 9.87. The second-order valence-corrected chi connectivity index (χ2v) is 8.39. The summed E-state index contributed by atoms with van der Waals surface area (Å²) in [6.45, 7) is 7.02. The molecular formula is C23H34F5N5O. The molecule has 0 saturated carbocycles. The van der Waals surface area contributed by atoms with Crippen molar-refractivity contribution in [1.82, 2.24) is 15.5 Å². The number of allylic oxidation sites excluding steroid dienone is 3. The van der Waals surface area contributed by atoms with Gasteiger partial charge in [-0.25, -0.2) is 13.8 Å². The van der Waals surface area contributed by atoms with Crippen molar-refractivity contribution in [2.45, 2.75) is 65.6 Å². The summed E-state index contributed by atoms with van der Waals surface area (Å²) in [5.74, 6) is -4.40. The second kappa shape index (κ2) is 12.1. The van der Waals surface area contributed by atoms with E-state index in [0.29, 0.717) is 23.8 Å². The van der Waals surface area contributed by atoms with Gasteiger partial charge in [0.25, 0.3) is 11.8 Å². The average Bonchev–Trinajstić information content (AvgIpc) is 2.73. The molecule has 1 fully saturated rings. The summed E-state index contributed by atoms with van der Waals surface area (Å²) in [7, 11) is 1.59. The highest BCUT2D eigenvalue weighted by Crippen LogP contribution is 2.34. The fourth-order valence-corrected chi connectivity index (χ4v) is 3.60. The first kappa shape index (κ1) is 29.3. The Kier molecular flexibility index (Phi) is 10.4. The zero-order valence-corrected chi connectivity index (χ0v) is 20.4. The summed E-state index contributed by atoms with van der Waals surface area (Å²) in [5, 5.41) is 13.8. The molecule has 1 aliphatic heterocycles. The van der Waals surface area contributed by atoms with E-state index in [2.05, 4.69) is 15.6 Å². The molecule has 0 aliphatic carbocycles. The molecule has 0 aromatic carbocycles. The van der Waals surface area contributed by atoms with E-state index in [-0.39, 0.29) is 12.4 Å². The minimum absolute atomic E-state index is 0.00768. The van der Waals surface area contributed by atoms with E-state index in [0.717, 1.165) is 11.0 Å². The molecule has 0 bridgehead atoms. The smallest absolute Gasteiger partial charge is 0.394 e. The Morgan fingerprint density at radius 2 is 1.91 bits per heavy atom. The number of nitrogens with zero attached hydrogens (tertiary/aromatic N) is 2. The van der Waals surface area contributed by atoms with E-state index < -0.39 is 54.2 Å². The lowest BCUT2D eigenvalue weighted by molar-refractivity contribution is -0.145. The summed E-state index contributed by atoms with van der Waals surface area (Å²) in [4.78, 5) is 17.9. The van der Waals surface area contributed by atoms with Gasteiger partial charge in [0.1, 0.15) is 11.5 Å². The number of piperidine rings is 1. The van der Waals surface area contributed by atoms with Crippen LogP contribution in [0.5, 0.6) is 0 Å². The highest BCUT2D eigenvalue weighted by molar-refractivity contribution is 6.43. The topological polar surface area (TPSA) is 80.6 Å². The van der Waals surface area contributed by atoms with Gasteiger partial charge < -0.3 is 15.5 Å². The fraction of sp³-hybridized carbons (Fsp3) is 0.609. The standard InChI is InChI=1S/C23H34F5N5O/c1-7-14(3)20(31-11-17(8-2)23(26,27)28)32-12-18-15(4)9-22(24,25)13-33(18)21(34)19(29)16(5)10-30-6/h8,10-11,15,18,29-30,32H,7,9,12-13H2,1-6H3/b16-10-,17-8+,20-14+,29-19?,31-11-. The van der Waals surface area contributed by atoms with Crippen molar-refractivity contribution in [3.8, 4) is 0 Å². The average molecular weight is 492 g/mol. The van der Waals surface area contributed by atoms with E-state index in [4.69, 9.17) is 5.41 Å². The van der Waals surface area contributed by atoms with Gasteiger partial charge in [0, 0.05) is 32.4 Å². The van der Waals surface area contributed by atoms with Gasteiger partial charge in [0.15, 0.2) is 0 Å². The van der Waals surface area contributed by atoms with Crippen LogP contribution in [0.4, 0.5) is 22.0 Å². The van der Waals surface area contributed by atoms with Crippen molar-refractivity contribution in [1.29, 1.82) is 5.41 Å². The Balaban J connectivity index is 3.22. The molecule has 0 aromatic rings. The first-order chi connectivity index (χ1) is 15.7. The van der Waals surface area contributed by atoms with Crippen LogP contribution in [0.15, 0.2) is 39.8 Å². The van der Waals surface area contributed by atoms with E-state index in [1.165, 1.54) is 20.0 Å². The molecule has 0 aromatic heterocycles. The van der Waals surface area contributed by atoms with Crippen LogP contribution in [0.25, 0.3) is 0 Å². The van der Waals surface area contributed by atoms with Crippen LogP contribution in [-0.2, 0) is 4.79 Å².